The first kappa shape index (κ1) is 14.1. The van der Waals surface area contributed by atoms with Gasteiger partial charge in [0.15, 0.2) is 10.9 Å². The van der Waals surface area contributed by atoms with Gasteiger partial charge in [-0.1, -0.05) is 0 Å². The van der Waals surface area contributed by atoms with E-state index in [0.717, 1.165) is 24.5 Å². The van der Waals surface area contributed by atoms with Crippen molar-refractivity contribution in [2.24, 2.45) is 0 Å². The first-order valence-corrected chi connectivity index (χ1v) is 8.42. The monoisotopic (exact) mass is 328 g/mol. The van der Waals surface area contributed by atoms with E-state index in [1.807, 2.05) is 17.8 Å². The molecule has 1 atom stereocenters. The van der Waals surface area contributed by atoms with Gasteiger partial charge in [0.1, 0.15) is 6.33 Å². The summed E-state index contributed by atoms with van der Waals surface area (Å²) in [6.07, 6.45) is 9.16. The molecule has 1 saturated heterocycles. The van der Waals surface area contributed by atoms with E-state index in [4.69, 9.17) is 0 Å². The van der Waals surface area contributed by atoms with Crippen LogP contribution in [0.2, 0.25) is 0 Å². The average molecular weight is 328 g/mol. The van der Waals surface area contributed by atoms with Crippen LogP contribution in [0.5, 0.6) is 0 Å². The van der Waals surface area contributed by atoms with E-state index < -0.39 is 0 Å². The van der Waals surface area contributed by atoms with Crippen molar-refractivity contribution in [2.75, 3.05) is 11.4 Å². The lowest BCUT2D eigenvalue weighted by molar-refractivity contribution is 0.485. The number of nitrogens with zero attached hydrogens (tertiary/aromatic N) is 6. The third-order valence-electron chi connectivity index (χ3n) is 4.05. The van der Waals surface area contributed by atoms with Crippen LogP contribution in [0, 0.1) is 0 Å². The lowest BCUT2D eigenvalue weighted by atomic mass is 10.2. The smallest absolute Gasteiger partial charge is 0.266 e. The molecule has 3 aromatic heterocycles. The lowest BCUT2D eigenvalue weighted by Crippen LogP contribution is -2.37. The number of thiazole rings is 1. The second kappa shape index (κ2) is 5.96. The predicted molar refractivity (Wildman–Crippen MR) is 88.1 cm³/mol. The van der Waals surface area contributed by atoms with Gasteiger partial charge in [0.2, 0.25) is 0 Å². The summed E-state index contributed by atoms with van der Waals surface area (Å²) >= 11 is 1.63. The van der Waals surface area contributed by atoms with Crippen molar-refractivity contribution in [3.63, 3.8) is 0 Å². The van der Waals surface area contributed by atoms with Gasteiger partial charge in [0, 0.05) is 36.6 Å². The van der Waals surface area contributed by atoms with Crippen molar-refractivity contribution < 1.29 is 0 Å². The fourth-order valence-electron chi connectivity index (χ4n) is 2.94. The maximum atomic E-state index is 12.2. The molecule has 0 amide bonds. The normalized spacial score (nSPS) is 17.7. The van der Waals surface area contributed by atoms with Gasteiger partial charge in [-0.3, -0.25) is 9.36 Å². The Hall–Kier alpha value is -2.48. The highest BCUT2D eigenvalue weighted by Gasteiger charge is 2.27. The summed E-state index contributed by atoms with van der Waals surface area (Å²) in [5, 5.41) is 7.48. The quantitative estimate of drug-likeness (QED) is 0.727. The van der Waals surface area contributed by atoms with Crippen molar-refractivity contribution in [1.82, 2.24) is 24.3 Å². The number of anilines is 1. The molecule has 1 fully saturated rings. The van der Waals surface area contributed by atoms with Crippen LogP contribution in [0.4, 0.5) is 5.13 Å². The average Bonchev–Trinajstić information content (AvgIpc) is 3.31. The first-order chi connectivity index (χ1) is 11.3. The molecular formula is C15H16N6OS. The van der Waals surface area contributed by atoms with Crippen LogP contribution in [-0.2, 0) is 6.54 Å². The van der Waals surface area contributed by atoms with Crippen LogP contribution in [-0.4, -0.2) is 36.9 Å². The van der Waals surface area contributed by atoms with E-state index in [1.165, 1.54) is 0 Å². The van der Waals surface area contributed by atoms with Gasteiger partial charge in [0.05, 0.1) is 12.6 Å². The molecule has 23 heavy (non-hydrogen) atoms. The number of aromatic nitrogens is 5. The Labute approximate surface area is 136 Å². The summed E-state index contributed by atoms with van der Waals surface area (Å²) in [7, 11) is 0. The largest absolute Gasteiger partial charge is 0.343 e. The fourth-order valence-corrected chi connectivity index (χ4v) is 3.68. The number of imidazole rings is 1. The summed E-state index contributed by atoms with van der Waals surface area (Å²) in [5.74, 6) is 0.695. The second-order valence-electron chi connectivity index (χ2n) is 5.49. The maximum Gasteiger partial charge on any atom is 0.266 e. The second-order valence-corrected chi connectivity index (χ2v) is 6.36. The van der Waals surface area contributed by atoms with Crippen molar-refractivity contribution >= 4 is 16.5 Å². The van der Waals surface area contributed by atoms with Gasteiger partial charge >= 0.3 is 0 Å². The van der Waals surface area contributed by atoms with Crippen molar-refractivity contribution in [1.29, 1.82) is 0 Å². The highest BCUT2D eigenvalue weighted by atomic mass is 32.1. The zero-order valence-electron chi connectivity index (χ0n) is 12.4. The first-order valence-electron chi connectivity index (χ1n) is 7.54. The van der Waals surface area contributed by atoms with Crippen molar-refractivity contribution in [2.45, 2.75) is 25.4 Å². The Morgan fingerprint density at radius 1 is 1.30 bits per heavy atom. The van der Waals surface area contributed by atoms with Crippen molar-refractivity contribution in [3.8, 4) is 5.82 Å². The van der Waals surface area contributed by atoms with Crippen molar-refractivity contribution in [3.05, 3.63) is 52.8 Å². The zero-order valence-corrected chi connectivity index (χ0v) is 13.3. The summed E-state index contributed by atoms with van der Waals surface area (Å²) < 4.78 is 3.34. The molecular weight excluding hydrogens is 312 g/mol. The molecule has 0 aliphatic carbocycles. The van der Waals surface area contributed by atoms with Crippen LogP contribution in [0.3, 0.4) is 0 Å². The molecule has 0 spiro atoms. The molecule has 118 valence electrons. The minimum absolute atomic E-state index is 0.0835. The predicted octanol–water partition coefficient (Wildman–Crippen LogP) is 1.55. The summed E-state index contributed by atoms with van der Waals surface area (Å²) in [4.78, 5) is 22.9. The number of rotatable bonds is 4. The van der Waals surface area contributed by atoms with E-state index in [2.05, 4.69) is 20.0 Å². The molecule has 4 heterocycles. The summed E-state index contributed by atoms with van der Waals surface area (Å²) in [6.45, 7) is 1.55. The Balaban J connectivity index is 1.61. The highest BCUT2D eigenvalue weighted by molar-refractivity contribution is 7.13. The molecule has 1 unspecified atom stereocenters. The van der Waals surface area contributed by atoms with Gasteiger partial charge in [-0.15, -0.1) is 11.3 Å². The molecule has 7 nitrogen and oxygen atoms in total. The lowest BCUT2D eigenvalue weighted by Gasteiger charge is -2.24. The van der Waals surface area contributed by atoms with Gasteiger partial charge in [-0.25, -0.2) is 14.6 Å². The maximum absolute atomic E-state index is 12.2. The molecule has 8 heteroatoms. The molecule has 4 rings (SSSR count). The summed E-state index contributed by atoms with van der Waals surface area (Å²) in [6, 6.07) is 3.53. The molecule has 0 saturated carbocycles. The fraction of sp³-hybridized carbons (Fsp3) is 0.333. The molecule has 3 aromatic rings. The third kappa shape index (κ3) is 2.77. The Bertz CT molecular complexity index is 826. The molecule has 1 aliphatic heterocycles. The number of hydrogen-bond donors (Lipinski definition) is 0. The number of hydrogen-bond acceptors (Lipinski definition) is 6. The van der Waals surface area contributed by atoms with Crippen LogP contribution < -0.4 is 10.5 Å². The van der Waals surface area contributed by atoms with Crippen LogP contribution in [0.1, 0.15) is 12.8 Å². The van der Waals surface area contributed by atoms with Gasteiger partial charge in [0.25, 0.3) is 5.56 Å². The van der Waals surface area contributed by atoms with E-state index in [9.17, 15) is 4.79 Å². The SMILES string of the molecule is O=c1ccc(-n2ccnc2)nn1CC1CCCN1c1nccs1. The molecule has 0 N–H and O–H groups in total. The third-order valence-corrected chi connectivity index (χ3v) is 4.86. The molecule has 1 aliphatic rings. The molecule has 0 aromatic carbocycles. The molecule has 0 radical (unpaired) electrons. The van der Waals surface area contributed by atoms with Gasteiger partial charge < -0.3 is 4.90 Å². The van der Waals surface area contributed by atoms with Gasteiger partial charge in [-0.05, 0) is 18.9 Å². The Morgan fingerprint density at radius 3 is 3.04 bits per heavy atom. The highest BCUT2D eigenvalue weighted by Crippen LogP contribution is 2.27. The Kier molecular flexibility index (Phi) is 3.66. The van der Waals surface area contributed by atoms with E-state index in [-0.39, 0.29) is 11.6 Å². The zero-order chi connectivity index (χ0) is 15.6. The standard InChI is InChI=1S/C15H16N6OS/c22-14-4-3-13(19-8-5-16-11-19)18-21(14)10-12-2-1-7-20(12)15-17-6-9-23-15/h3-6,8-9,11-12H,1-2,7,10H2. The minimum Gasteiger partial charge on any atom is -0.343 e. The van der Waals surface area contributed by atoms with E-state index in [0.29, 0.717) is 12.4 Å². The van der Waals surface area contributed by atoms with Crippen LogP contribution in [0.15, 0.2) is 47.2 Å². The summed E-state index contributed by atoms with van der Waals surface area (Å²) in [5.41, 5.74) is -0.0835. The molecule has 0 bridgehead atoms. The van der Waals surface area contributed by atoms with Crippen LogP contribution >= 0.6 is 11.3 Å². The van der Waals surface area contributed by atoms with E-state index >= 15 is 0 Å². The Morgan fingerprint density at radius 2 is 2.26 bits per heavy atom. The minimum atomic E-state index is -0.0835. The van der Waals surface area contributed by atoms with E-state index in [1.54, 1.807) is 45.2 Å². The van der Waals surface area contributed by atoms with Crippen LogP contribution in [0.25, 0.3) is 5.82 Å². The van der Waals surface area contributed by atoms with Gasteiger partial charge in [-0.2, -0.15) is 5.10 Å². The topological polar surface area (TPSA) is 68.8 Å².